The Morgan fingerprint density at radius 1 is 1.00 bits per heavy atom. The summed E-state index contributed by atoms with van der Waals surface area (Å²) in [7, 11) is 0. The summed E-state index contributed by atoms with van der Waals surface area (Å²) in [5, 5.41) is 10.5. The molecule has 0 radical (unpaired) electrons. The van der Waals surface area contributed by atoms with Crippen LogP contribution in [0, 0.1) is 0 Å². The van der Waals surface area contributed by atoms with Gasteiger partial charge in [0.2, 0.25) is 0 Å². The molecule has 31 heavy (non-hydrogen) atoms. The Morgan fingerprint density at radius 3 is 2.90 bits per heavy atom. The van der Waals surface area contributed by atoms with E-state index in [2.05, 4.69) is 48.9 Å². The zero-order chi connectivity index (χ0) is 20.4. The molecule has 0 unspecified atom stereocenters. The second-order valence-corrected chi connectivity index (χ2v) is 8.79. The summed E-state index contributed by atoms with van der Waals surface area (Å²) in [5.74, 6) is 0. The Morgan fingerprint density at radius 2 is 1.94 bits per heavy atom. The first-order valence-electron chi connectivity index (χ1n) is 10.7. The minimum Gasteiger partial charge on any atom is -0.297 e. The quantitative estimate of drug-likeness (QED) is 0.459. The van der Waals surface area contributed by atoms with Gasteiger partial charge in [-0.15, -0.1) is 0 Å². The summed E-state index contributed by atoms with van der Waals surface area (Å²) in [6.45, 7) is 3.98. The normalized spacial score (nSPS) is 17.4. The minimum atomic E-state index is 0.214. The largest absolute Gasteiger partial charge is 0.297 e. The zero-order valence-corrected chi connectivity index (χ0v) is 17.0. The van der Waals surface area contributed by atoms with Crippen molar-refractivity contribution in [2.75, 3.05) is 13.1 Å². The summed E-state index contributed by atoms with van der Waals surface area (Å²) in [5.41, 5.74) is 6.85. The average Bonchev–Trinajstić information content (AvgIpc) is 3.48. The van der Waals surface area contributed by atoms with Crippen molar-refractivity contribution in [2.24, 2.45) is 0 Å². The fourth-order valence-corrected chi connectivity index (χ4v) is 5.28. The molecular weight excluding hydrogens is 386 g/mol. The van der Waals surface area contributed by atoms with Crippen molar-refractivity contribution in [2.45, 2.75) is 24.9 Å². The van der Waals surface area contributed by atoms with Crippen LogP contribution in [-0.4, -0.2) is 47.4 Å². The monoisotopic (exact) mass is 407 g/mol. The highest BCUT2D eigenvalue weighted by Crippen LogP contribution is 2.44. The van der Waals surface area contributed by atoms with Crippen LogP contribution in [0.15, 0.2) is 67.3 Å². The van der Waals surface area contributed by atoms with Gasteiger partial charge in [-0.2, -0.15) is 10.2 Å². The topological polar surface area (TPSA) is 64.1 Å². The summed E-state index contributed by atoms with van der Waals surface area (Å²) >= 11 is 0. The van der Waals surface area contributed by atoms with Gasteiger partial charge in [-0.25, -0.2) is 9.50 Å². The maximum Gasteiger partial charge on any atom is 0.159 e. The molecule has 1 spiro atoms. The van der Waals surface area contributed by atoms with E-state index in [0.717, 1.165) is 60.4 Å². The number of benzene rings is 1. The minimum absolute atomic E-state index is 0.214. The number of aryl methyl sites for hydroxylation is 1. The number of hydrogen-bond donors (Lipinski definition) is 0. The molecular formula is C24H21N7. The highest BCUT2D eigenvalue weighted by atomic mass is 15.3. The molecule has 7 nitrogen and oxygen atoms in total. The van der Waals surface area contributed by atoms with E-state index in [0.29, 0.717) is 0 Å². The van der Waals surface area contributed by atoms with E-state index in [1.807, 2.05) is 47.5 Å². The van der Waals surface area contributed by atoms with Gasteiger partial charge in [0, 0.05) is 72.4 Å². The van der Waals surface area contributed by atoms with Gasteiger partial charge in [0.15, 0.2) is 5.65 Å². The van der Waals surface area contributed by atoms with Crippen LogP contribution in [0.4, 0.5) is 0 Å². The Balaban J connectivity index is 1.14. The van der Waals surface area contributed by atoms with Crippen LogP contribution in [0.2, 0.25) is 0 Å². The molecule has 0 saturated carbocycles. The molecule has 0 aliphatic carbocycles. The van der Waals surface area contributed by atoms with Crippen LogP contribution in [0.3, 0.4) is 0 Å². The number of rotatable bonds is 3. The van der Waals surface area contributed by atoms with E-state index in [1.54, 1.807) is 0 Å². The SMILES string of the molecule is c1ccc2ncc(-c3cc4n(n3)CCC43CN(Cc4cnn5cccnc45)C3)cc2c1. The molecule has 2 aliphatic rings. The summed E-state index contributed by atoms with van der Waals surface area (Å²) < 4.78 is 4.05. The van der Waals surface area contributed by atoms with Crippen LogP contribution in [0.5, 0.6) is 0 Å². The number of likely N-dealkylation sites (tertiary alicyclic amines) is 1. The lowest BCUT2D eigenvalue weighted by atomic mass is 9.75. The number of aromatic nitrogens is 6. The van der Waals surface area contributed by atoms with Crippen LogP contribution >= 0.6 is 0 Å². The Hall–Kier alpha value is -3.58. The number of nitrogens with zero attached hydrogens (tertiary/aromatic N) is 7. The Bertz CT molecular complexity index is 1440. The Labute approximate surface area is 179 Å². The van der Waals surface area contributed by atoms with Gasteiger partial charge in [-0.3, -0.25) is 14.6 Å². The van der Waals surface area contributed by atoms with Crippen LogP contribution < -0.4 is 0 Å². The molecule has 2 aliphatic heterocycles. The molecule has 1 aromatic carbocycles. The molecule has 5 aromatic rings. The van der Waals surface area contributed by atoms with Crippen molar-refractivity contribution < 1.29 is 0 Å². The van der Waals surface area contributed by atoms with Crippen molar-refractivity contribution in [1.82, 2.24) is 34.3 Å². The lowest BCUT2D eigenvalue weighted by Crippen LogP contribution is -2.57. The molecule has 7 heteroatoms. The fraction of sp³-hybridized carbons (Fsp3) is 0.250. The highest BCUT2D eigenvalue weighted by Gasteiger charge is 2.49. The third kappa shape index (κ3) is 2.56. The summed E-state index contributed by atoms with van der Waals surface area (Å²) in [6, 6.07) is 14.6. The first-order chi connectivity index (χ1) is 15.3. The van der Waals surface area contributed by atoms with E-state index in [1.165, 1.54) is 11.3 Å². The molecule has 4 aromatic heterocycles. The Kier molecular flexibility index (Phi) is 3.43. The smallest absolute Gasteiger partial charge is 0.159 e. The molecule has 1 saturated heterocycles. The van der Waals surface area contributed by atoms with Gasteiger partial charge in [-0.1, -0.05) is 18.2 Å². The van der Waals surface area contributed by atoms with Crippen LogP contribution in [0.1, 0.15) is 17.7 Å². The second kappa shape index (κ2) is 6.21. The third-order valence-electron chi connectivity index (χ3n) is 6.81. The first-order valence-corrected chi connectivity index (χ1v) is 10.7. The first kappa shape index (κ1) is 17.1. The summed E-state index contributed by atoms with van der Waals surface area (Å²) in [4.78, 5) is 11.6. The standard InChI is InChI=1S/C24H21N7/c1-2-5-20-17(4-1)10-18(12-26-20)21-11-22-24(6-9-30(22)28-21)15-29(16-24)14-19-13-27-31-8-3-7-25-23(19)31/h1-5,7-8,10-13H,6,9,14-16H2. The van der Waals surface area contributed by atoms with Gasteiger partial charge in [0.1, 0.15) is 0 Å². The average molecular weight is 407 g/mol. The maximum absolute atomic E-state index is 4.92. The molecule has 0 amide bonds. The van der Waals surface area contributed by atoms with Crippen LogP contribution in [-0.2, 0) is 18.5 Å². The second-order valence-electron chi connectivity index (χ2n) is 8.79. The predicted molar refractivity (Wildman–Crippen MR) is 118 cm³/mol. The van der Waals surface area contributed by atoms with E-state index >= 15 is 0 Å². The van der Waals surface area contributed by atoms with Crippen molar-refractivity contribution in [3.05, 3.63) is 78.5 Å². The summed E-state index contributed by atoms with van der Waals surface area (Å²) in [6.07, 6.45) is 8.82. The maximum atomic E-state index is 4.92. The van der Waals surface area contributed by atoms with Gasteiger partial charge in [0.25, 0.3) is 0 Å². The molecule has 152 valence electrons. The molecule has 0 bridgehead atoms. The fourth-order valence-electron chi connectivity index (χ4n) is 5.28. The van der Waals surface area contributed by atoms with Crippen molar-refractivity contribution in [3.63, 3.8) is 0 Å². The van der Waals surface area contributed by atoms with E-state index < -0.39 is 0 Å². The molecule has 0 N–H and O–H groups in total. The molecule has 7 rings (SSSR count). The number of para-hydroxylation sites is 1. The predicted octanol–water partition coefficient (Wildman–Crippen LogP) is 3.30. The molecule has 6 heterocycles. The van der Waals surface area contributed by atoms with Gasteiger partial charge < -0.3 is 0 Å². The third-order valence-corrected chi connectivity index (χ3v) is 6.81. The molecule has 1 fully saturated rings. The van der Waals surface area contributed by atoms with Crippen molar-refractivity contribution in [3.8, 4) is 11.3 Å². The lowest BCUT2D eigenvalue weighted by Gasteiger charge is -2.47. The van der Waals surface area contributed by atoms with Gasteiger partial charge in [0.05, 0.1) is 17.4 Å². The van der Waals surface area contributed by atoms with E-state index in [9.17, 15) is 0 Å². The number of fused-ring (bicyclic) bond motifs is 4. The van der Waals surface area contributed by atoms with Gasteiger partial charge in [-0.05, 0) is 30.7 Å². The number of hydrogen-bond acceptors (Lipinski definition) is 5. The molecule has 0 atom stereocenters. The zero-order valence-electron chi connectivity index (χ0n) is 17.0. The van der Waals surface area contributed by atoms with Gasteiger partial charge >= 0.3 is 0 Å². The van der Waals surface area contributed by atoms with E-state index in [4.69, 9.17) is 5.10 Å². The van der Waals surface area contributed by atoms with Crippen LogP contribution in [0.25, 0.3) is 27.8 Å². The number of pyridine rings is 1. The lowest BCUT2D eigenvalue weighted by molar-refractivity contribution is 0.0585. The highest BCUT2D eigenvalue weighted by molar-refractivity contribution is 5.82. The van der Waals surface area contributed by atoms with E-state index in [-0.39, 0.29) is 5.41 Å². The van der Waals surface area contributed by atoms with Crippen molar-refractivity contribution >= 4 is 16.6 Å². The van der Waals surface area contributed by atoms with Crippen molar-refractivity contribution in [1.29, 1.82) is 0 Å².